The number of aryl methyl sites for hydroxylation is 1. The van der Waals surface area contributed by atoms with E-state index in [-0.39, 0.29) is 5.82 Å². The van der Waals surface area contributed by atoms with Crippen molar-refractivity contribution in [1.29, 1.82) is 0 Å². The van der Waals surface area contributed by atoms with Crippen molar-refractivity contribution in [2.24, 2.45) is 0 Å². The molecule has 1 fully saturated rings. The van der Waals surface area contributed by atoms with E-state index in [0.717, 1.165) is 44.0 Å². The number of hydrogen-bond donors (Lipinski definition) is 0. The normalized spacial score (nSPS) is 15.5. The van der Waals surface area contributed by atoms with Gasteiger partial charge < -0.3 is 4.90 Å². The van der Waals surface area contributed by atoms with Gasteiger partial charge in [0.2, 0.25) is 6.41 Å². The lowest BCUT2D eigenvalue weighted by molar-refractivity contribution is -0.110. The molecule has 0 N–H and O–H groups in total. The number of carbonyl (C=O) groups excluding carboxylic acids is 1. The van der Waals surface area contributed by atoms with Gasteiger partial charge in [0.15, 0.2) is 0 Å². The molecule has 4 nitrogen and oxygen atoms in total. The summed E-state index contributed by atoms with van der Waals surface area (Å²) in [4.78, 5) is 13.7. The highest BCUT2D eigenvalue weighted by Crippen LogP contribution is 2.20. The highest BCUT2D eigenvalue weighted by Gasteiger charge is 2.22. The van der Waals surface area contributed by atoms with E-state index in [1.165, 1.54) is 17.7 Å². The fourth-order valence-corrected chi connectivity index (χ4v) is 2.81. The van der Waals surface area contributed by atoms with Gasteiger partial charge in [0, 0.05) is 31.9 Å². The van der Waals surface area contributed by atoms with Gasteiger partial charge in [-0.1, -0.05) is 17.7 Å². The predicted molar refractivity (Wildman–Crippen MR) is 89.9 cm³/mol. The molecular formula is C18H20FN3O. The zero-order valence-corrected chi connectivity index (χ0v) is 13.2. The van der Waals surface area contributed by atoms with Crippen LogP contribution in [0.5, 0.6) is 0 Å². The molecule has 0 aromatic heterocycles. The topological polar surface area (TPSA) is 26.8 Å². The van der Waals surface area contributed by atoms with Crippen LogP contribution in [0.3, 0.4) is 0 Å². The van der Waals surface area contributed by atoms with E-state index in [4.69, 9.17) is 0 Å². The average Bonchev–Trinajstić information content (AvgIpc) is 2.59. The first kappa shape index (κ1) is 15.5. The van der Waals surface area contributed by atoms with Crippen LogP contribution in [0.2, 0.25) is 0 Å². The molecule has 0 atom stereocenters. The Bertz CT molecular complexity index is 649. The second-order valence-corrected chi connectivity index (χ2v) is 5.70. The molecule has 2 aromatic rings. The number of halogens is 1. The minimum Gasteiger partial charge on any atom is -0.369 e. The molecule has 0 radical (unpaired) electrons. The molecule has 1 heterocycles. The second kappa shape index (κ2) is 6.79. The number of rotatable bonds is 4. The highest BCUT2D eigenvalue weighted by molar-refractivity contribution is 5.73. The van der Waals surface area contributed by atoms with E-state index < -0.39 is 0 Å². The number of nitrogens with zero attached hydrogens (tertiary/aromatic N) is 3. The Labute approximate surface area is 135 Å². The lowest BCUT2D eigenvalue weighted by Gasteiger charge is -2.40. The van der Waals surface area contributed by atoms with Gasteiger partial charge in [0.05, 0.1) is 5.69 Å². The number of piperazine rings is 1. The molecule has 5 heteroatoms. The van der Waals surface area contributed by atoms with Gasteiger partial charge in [0.1, 0.15) is 5.82 Å². The van der Waals surface area contributed by atoms with E-state index in [9.17, 15) is 9.18 Å². The number of benzene rings is 2. The van der Waals surface area contributed by atoms with Crippen molar-refractivity contribution in [2.45, 2.75) is 6.92 Å². The summed E-state index contributed by atoms with van der Waals surface area (Å²) < 4.78 is 13.0. The molecule has 1 aliphatic heterocycles. The summed E-state index contributed by atoms with van der Waals surface area (Å²) in [7, 11) is 0. The third-order valence-corrected chi connectivity index (χ3v) is 4.15. The number of anilines is 2. The van der Waals surface area contributed by atoms with Gasteiger partial charge in [-0.3, -0.25) is 4.79 Å². The number of hydrogen-bond acceptors (Lipinski definition) is 3. The second-order valence-electron chi connectivity index (χ2n) is 5.70. The average molecular weight is 313 g/mol. The van der Waals surface area contributed by atoms with Crippen molar-refractivity contribution >= 4 is 17.8 Å². The molecule has 2 aromatic carbocycles. The Morgan fingerprint density at radius 2 is 1.57 bits per heavy atom. The first-order valence-electron chi connectivity index (χ1n) is 7.74. The van der Waals surface area contributed by atoms with Gasteiger partial charge in [-0.05, 0) is 43.3 Å². The zero-order chi connectivity index (χ0) is 16.2. The number of carbonyl (C=O) groups is 1. The number of amides is 1. The molecule has 120 valence electrons. The van der Waals surface area contributed by atoms with Crippen LogP contribution in [-0.2, 0) is 4.79 Å². The summed E-state index contributed by atoms with van der Waals surface area (Å²) in [5.41, 5.74) is 3.06. The summed E-state index contributed by atoms with van der Waals surface area (Å²) >= 11 is 0. The van der Waals surface area contributed by atoms with Crippen molar-refractivity contribution in [3.8, 4) is 0 Å². The Hall–Kier alpha value is -2.40. The lowest BCUT2D eigenvalue weighted by atomic mass is 10.2. The molecule has 1 aliphatic rings. The minimum atomic E-state index is -0.223. The van der Waals surface area contributed by atoms with E-state index in [0.29, 0.717) is 0 Å². The van der Waals surface area contributed by atoms with Gasteiger partial charge in [-0.2, -0.15) is 0 Å². The Kier molecular flexibility index (Phi) is 4.57. The molecule has 1 amide bonds. The molecule has 0 bridgehead atoms. The predicted octanol–water partition coefficient (Wildman–Crippen LogP) is 2.83. The molecule has 1 saturated heterocycles. The maximum absolute atomic E-state index is 13.0. The van der Waals surface area contributed by atoms with Crippen molar-refractivity contribution in [3.05, 3.63) is 59.9 Å². The summed E-state index contributed by atoms with van der Waals surface area (Å²) in [6.45, 7) is 5.09. The van der Waals surface area contributed by atoms with Crippen LogP contribution >= 0.6 is 0 Å². The van der Waals surface area contributed by atoms with Crippen LogP contribution in [0.15, 0.2) is 48.5 Å². The monoisotopic (exact) mass is 313 g/mol. The van der Waals surface area contributed by atoms with Crippen LogP contribution in [0.25, 0.3) is 0 Å². The molecule has 0 saturated carbocycles. The van der Waals surface area contributed by atoms with Crippen LogP contribution in [0, 0.1) is 12.7 Å². The van der Waals surface area contributed by atoms with E-state index in [1.807, 2.05) is 36.2 Å². The Morgan fingerprint density at radius 3 is 2.13 bits per heavy atom. The SMILES string of the molecule is Cc1ccc(N(C=O)N2CCN(c3ccc(F)cc3)CC2)cc1. The minimum absolute atomic E-state index is 0.223. The Balaban J connectivity index is 1.66. The van der Waals surface area contributed by atoms with E-state index in [1.54, 1.807) is 17.1 Å². The molecule has 0 spiro atoms. The molecule has 23 heavy (non-hydrogen) atoms. The first-order chi connectivity index (χ1) is 11.2. The lowest BCUT2D eigenvalue weighted by Crippen LogP contribution is -2.53. The maximum atomic E-state index is 13.0. The summed E-state index contributed by atoms with van der Waals surface area (Å²) in [6, 6.07) is 14.5. The molecular weight excluding hydrogens is 293 g/mol. The van der Waals surface area contributed by atoms with E-state index >= 15 is 0 Å². The van der Waals surface area contributed by atoms with Gasteiger partial charge in [0.25, 0.3) is 0 Å². The van der Waals surface area contributed by atoms with Crippen molar-refractivity contribution < 1.29 is 9.18 Å². The van der Waals surface area contributed by atoms with Crippen molar-refractivity contribution in [1.82, 2.24) is 5.01 Å². The third-order valence-electron chi connectivity index (χ3n) is 4.15. The fraction of sp³-hybridized carbons (Fsp3) is 0.278. The standard InChI is InChI=1S/C18H20FN3O/c1-15-2-6-18(7-3-15)22(14-23)21-12-10-20(11-13-21)17-8-4-16(19)5-9-17/h2-9,14H,10-13H2,1H3. The van der Waals surface area contributed by atoms with Crippen LogP contribution in [-0.4, -0.2) is 37.6 Å². The van der Waals surface area contributed by atoms with Crippen molar-refractivity contribution in [2.75, 3.05) is 36.1 Å². The zero-order valence-electron chi connectivity index (χ0n) is 13.2. The maximum Gasteiger partial charge on any atom is 0.228 e. The smallest absolute Gasteiger partial charge is 0.228 e. The van der Waals surface area contributed by atoms with Crippen LogP contribution < -0.4 is 9.91 Å². The van der Waals surface area contributed by atoms with Crippen molar-refractivity contribution in [3.63, 3.8) is 0 Å². The summed E-state index contributed by atoms with van der Waals surface area (Å²) in [5, 5.41) is 3.71. The van der Waals surface area contributed by atoms with Crippen LogP contribution in [0.4, 0.5) is 15.8 Å². The van der Waals surface area contributed by atoms with Gasteiger partial charge in [-0.15, -0.1) is 0 Å². The Morgan fingerprint density at radius 1 is 0.957 bits per heavy atom. The third kappa shape index (κ3) is 3.51. The summed E-state index contributed by atoms with van der Waals surface area (Å²) in [6.07, 6.45) is 0.859. The molecule has 0 aliphatic carbocycles. The molecule has 3 rings (SSSR count). The summed E-state index contributed by atoms with van der Waals surface area (Å²) in [5.74, 6) is -0.223. The van der Waals surface area contributed by atoms with Crippen LogP contribution in [0.1, 0.15) is 5.56 Å². The molecule has 0 unspecified atom stereocenters. The quantitative estimate of drug-likeness (QED) is 0.812. The van der Waals surface area contributed by atoms with E-state index in [2.05, 4.69) is 4.90 Å². The number of hydrazine groups is 1. The van der Waals surface area contributed by atoms with Gasteiger partial charge in [-0.25, -0.2) is 14.4 Å². The fourth-order valence-electron chi connectivity index (χ4n) is 2.81. The first-order valence-corrected chi connectivity index (χ1v) is 7.74. The van der Waals surface area contributed by atoms with Gasteiger partial charge >= 0.3 is 0 Å². The highest BCUT2D eigenvalue weighted by atomic mass is 19.1. The largest absolute Gasteiger partial charge is 0.369 e.